The highest BCUT2D eigenvalue weighted by molar-refractivity contribution is 6.04. The van der Waals surface area contributed by atoms with Crippen molar-refractivity contribution in [2.75, 3.05) is 5.73 Å². The number of hydrazine groups is 2. The SMILES string of the molecule is NNNC(=Nc1cccc(F)c1F)c1cc(-c2ccc(C(=O)NC3CC3)cc2)cnc1N. The lowest BCUT2D eigenvalue weighted by Gasteiger charge is -2.13. The fourth-order valence-electron chi connectivity index (χ4n) is 3.06. The monoisotopic (exact) mass is 437 g/mol. The zero-order valence-electron chi connectivity index (χ0n) is 16.9. The van der Waals surface area contributed by atoms with Gasteiger partial charge in [-0.1, -0.05) is 18.2 Å². The Morgan fingerprint density at radius 2 is 1.84 bits per heavy atom. The lowest BCUT2D eigenvalue weighted by atomic mass is 10.0. The number of rotatable bonds is 6. The summed E-state index contributed by atoms with van der Waals surface area (Å²) >= 11 is 0. The van der Waals surface area contributed by atoms with E-state index in [9.17, 15) is 13.6 Å². The summed E-state index contributed by atoms with van der Waals surface area (Å²) in [7, 11) is 0. The summed E-state index contributed by atoms with van der Waals surface area (Å²) in [5.74, 6) is 3.27. The Hall–Kier alpha value is -3.89. The summed E-state index contributed by atoms with van der Waals surface area (Å²) in [6, 6.07) is 12.6. The number of aromatic nitrogens is 1. The number of hydrogen-bond donors (Lipinski definition) is 5. The molecular weight excluding hydrogens is 416 g/mol. The van der Waals surface area contributed by atoms with Gasteiger partial charge >= 0.3 is 0 Å². The third kappa shape index (κ3) is 4.71. The van der Waals surface area contributed by atoms with E-state index in [1.807, 2.05) is 0 Å². The molecular formula is C22H21F2N7O. The van der Waals surface area contributed by atoms with Gasteiger partial charge in [0.05, 0.1) is 5.56 Å². The highest BCUT2D eigenvalue weighted by atomic mass is 19.2. The molecule has 32 heavy (non-hydrogen) atoms. The number of hydrogen-bond acceptors (Lipinski definition) is 6. The van der Waals surface area contributed by atoms with Gasteiger partial charge in [-0.25, -0.2) is 18.8 Å². The van der Waals surface area contributed by atoms with Crippen molar-refractivity contribution in [3.63, 3.8) is 0 Å². The van der Waals surface area contributed by atoms with Crippen molar-refractivity contribution in [3.8, 4) is 11.1 Å². The lowest BCUT2D eigenvalue weighted by Crippen LogP contribution is -2.43. The minimum atomic E-state index is -1.11. The van der Waals surface area contributed by atoms with Crippen LogP contribution in [0.15, 0.2) is 59.7 Å². The molecule has 4 rings (SSSR count). The van der Waals surface area contributed by atoms with E-state index in [4.69, 9.17) is 11.6 Å². The number of nitrogens with one attached hydrogen (secondary N) is 3. The van der Waals surface area contributed by atoms with E-state index in [0.29, 0.717) is 16.7 Å². The minimum Gasteiger partial charge on any atom is -0.383 e. The maximum atomic E-state index is 14.1. The van der Waals surface area contributed by atoms with Crippen molar-refractivity contribution in [2.24, 2.45) is 10.8 Å². The first-order chi connectivity index (χ1) is 15.5. The van der Waals surface area contributed by atoms with Crippen molar-refractivity contribution in [1.29, 1.82) is 0 Å². The molecule has 10 heteroatoms. The third-order valence-corrected chi connectivity index (χ3v) is 4.92. The number of amides is 1. The maximum Gasteiger partial charge on any atom is 0.251 e. The summed E-state index contributed by atoms with van der Waals surface area (Å²) in [6.07, 6.45) is 3.59. The number of halogens is 2. The number of carbonyl (C=O) groups excluding carboxylic acids is 1. The number of anilines is 1. The number of nitrogens with zero attached hydrogens (tertiary/aromatic N) is 2. The molecule has 2 aromatic carbocycles. The Morgan fingerprint density at radius 3 is 2.53 bits per heavy atom. The molecule has 0 radical (unpaired) electrons. The largest absolute Gasteiger partial charge is 0.383 e. The van der Waals surface area contributed by atoms with Crippen LogP contribution in [-0.2, 0) is 0 Å². The van der Waals surface area contributed by atoms with Crippen molar-refractivity contribution < 1.29 is 13.6 Å². The van der Waals surface area contributed by atoms with Crippen LogP contribution in [0.4, 0.5) is 20.3 Å². The maximum absolute atomic E-state index is 14.1. The van der Waals surface area contributed by atoms with E-state index in [2.05, 4.69) is 26.3 Å². The number of aliphatic imine (C=N–C) groups is 1. The van der Waals surface area contributed by atoms with Crippen molar-refractivity contribution in [3.05, 3.63) is 77.5 Å². The van der Waals surface area contributed by atoms with Gasteiger partial charge in [0, 0.05) is 23.4 Å². The Morgan fingerprint density at radius 1 is 1.09 bits per heavy atom. The van der Waals surface area contributed by atoms with E-state index >= 15 is 0 Å². The highest BCUT2D eigenvalue weighted by Crippen LogP contribution is 2.26. The molecule has 1 aromatic heterocycles. The first-order valence-corrected chi connectivity index (χ1v) is 9.88. The molecule has 0 bridgehead atoms. The second-order valence-electron chi connectivity index (χ2n) is 7.28. The standard InChI is InChI=1S/C22H21F2N7O/c23-17-2-1-3-18(19(17)24)29-21(30-31-26)16-10-14(11-27-20(16)25)12-4-6-13(7-5-12)22(32)28-15-8-9-15/h1-7,10-11,15,31H,8-9,26H2,(H2,25,27)(H,28,32)(H,29,30). The molecule has 164 valence electrons. The molecule has 7 N–H and O–H groups in total. The van der Waals surface area contributed by atoms with E-state index in [0.717, 1.165) is 24.5 Å². The van der Waals surface area contributed by atoms with Crippen LogP contribution in [0.1, 0.15) is 28.8 Å². The summed E-state index contributed by atoms with van der Waals surface area (Å²) in [6.45, 7) is 0. The number of amidine groups is 1. The molecule has 0 unspecified atom stereocenters. The van der Waals surface area contributed by atoms with Gasteiger partial charge in [-0.2, -0.15) is 5.53 Å². The number of pyridine rings is 1. The second-order valence-corrected chi connectivity index (χ2v) is 7.28. The Balaban J connectivity index is 1.66. The van der Waals surface area contributed by atoms with Gasteiger partial charge in [-0.05, 0) is 48.7 Å². The van der Waals surface area contributed by atoms with Gasteiger partial charge in [-0.15, -0.1) is 0 Å². The average molecular weight is 437 g/mol. The van der Waals surface area contributed by atoms with Crippen LogP contribution >= 0.6 is 0 Å². The fraction of sp³-hybridized carbons (Fsp3) is 0.136. The minimum absolute atomic E-state index is 0.0456. The highest BCUT2D eigenvalue weighted by Gasteiger charge is 2.23. The van der Waals surface area contributed by atoms with Gasteiger partial charge in [0.25, 0.3) is 5.91 Å². The van der Waals surface area contributed by atoms with Gasteiger partial charge < -0.3 is 11.1 Å². The molecule has 1 fully saturated rings. The summed E-state index contributed by atoms with van der Waals surface area (Å²) in [5.41, 5.74) is 12.9. The zero-order chi connectivity index (χ0) is 22.7. The Bertz CT molecular complexity index is 1180. The van der Waals surface area contributed by atoms with E-state index in [1.165, 1.54) is 12.1 Å². The smallest absolute Gasteiger partial charge is 0.251 e. The van der Waals surface area contributed by atoms with Crippen molar-refractivity contribution in [1.82, 2.24) is 21.3 Å². The van der Waals surface area contributed by atoms with Gasteiger partial charge in [0.2, 0.25) is 0 Å². The molecule has 1 aliphatic rings. The van der Waals surface area contributed by atoms with Crippen LogP contribution < -0.4 is 27.9 Å². The number of carbonyl (C=O) groups is 1. The molecule has 1 saturated carbocycles. The van der Waals surface area contributed by atoms with Crippen LogP contribution in [-0.4, -0.2) is 22.8 Å². The molecule has 1 heterocycles. The van der Waals surface area contributed by atoms with Gasteiger partial charge in [-0.3, -0.25) is 16.1 Å². The topological polar surface area (TPSA) is 130 Å². The molecule has 0 atom stereocenters. The Kier molecular flexibility index (Phi) is 6.06. The molecule has 0 aliphatic heterocycles. The summed E-state index contributed by atoms with van der Waals surface area (Å²) in [4.78, 5) is 20.5. The molecule has 1 aliphatic carbocycles. The van der Waals surface area contributed by atoms with Crippen LogP contribution in [0, 0.1) is 11.6 Å². The van der Waals surface area contributed by atoms with Gasteiger partial charge in [0.15, 0.2) is 17.5 Å². The predicted molar refractivity (Wildman–Crippen MR) is 118 cm³/mol. The van der Waals surface area contributed by atoms with E-state index in [-0.39, 0.29) is 29.3 Å². The van der Waals surface area contributed by atoms with E-state index < -0.39 is 11.6 Å². The second kappa shape index (κ2) is 9.08. The first kappa shape index (κ1) is 21.3. The van der Waals surface area contributed by atoms with Gasteiger partial charge in [0.1, 0.15) is 11.5 Å². The van der Waals surface area contributed by atoms with Crippen molar-refractivity contribution in [2.45, 2.75) is 18.9 Å². The quantitative estimate of drug-likeness (QED) is 0.174. The fourth-order valence-corrected chi connectivity index (χ4v) is 3.06. The predicted octanol–water partition coefficient (Wildman–Crippen LogP) is 2.55. The van der Waals surface area contributed by atoms with Crippen LogP contribution in [0.25, 0.3) is 11.1 Å². The Labute approximate surface area is 182 Å². The van der Waals surface area contributed by atoms with Crippen LogP contribution in [0.5, 0.6) is 0 Å². The van der Waals surface area contributed by atoms with Crippen LogP contribution in [0.3, 0.4) is 0 Å². The molecule has 8 nitrogen and oxygen atoms in total. The molecule has 1 amide bonds. The average Bonchev–Trinajstić information content (AvgIpc) is 3.61. The number of benzene rings is 2. The van der Waals surface area contributed by atoms with Crippen LogP contribution in [0.2, 0.25) is 0 Å². The number of nitrogen functional groups attached to an aromatic ring is 1. The molecule has 0 spiro atoms. The normalized spacial score (nSPS) is 13.7. The summed E-state index contributed by atoms with van der Waals surface area (Å²) < 4.78 is 27.7. The molecule has 0 saturated heterocycles. The third-order valence-electron chi connectivity index (χ3n) is 4.92. The summed E-state index contributed by atoms with van der Waals surface area (Å²) in [5, 5.41) is 2.94. The first-order valence-electron chi connectivity index (χ1n) is 9.88. The van der Waals surface area contributed by atoms with Crippen molar-refractivity contribution >= 4 is 23.2 Å². The lowest BCUT2D eigenvalue weighted by molar-refractivity contribution is 0.0951. The number of nitrogens with two attached hydrogens (primary N) is 2. The van der Waals surface area contributed by atoms with E-state index in [1.54, 1.807) is 36.5 Å². The zero-order valence-corrected chi connectivity index (χ0v) is 16.9. The molecule has 3 aromatic rings.